The average molecular weight is 499 g/mol. The zero-order chi connectivity index (χ0) is 24.1. The van der Waals surface area contributed by atoms with Crippen molar-refractivity contribution in [3.8, 4) is 5.75 Å². The summed E-state index contributed by atoms with van der Waals surface area (Å²) in [6.07, 6.45) is 2.78. The largest absolute Gasteiger partial charge is 0.494 e. The second-order valence-corrected chi connectivity index (χ2v) is 9.63. The van der Waals surface area contributed by atoms with Crippen LogP contribution in [0, 0.1) is 0 Å². The maximum Gasteiger partial charge on any atom is 0.338 e. The van der Waals surface area contributed by atoms with Crippen LogP contribution in [0.3, 0.4) is 0 Å². The number of rotatable bonds is 9. The lowest BCUT2D eigenvalue weighted by Crippen LogP contribution is -2.39. The molecule has 1 aromatic carbocycles. The Balaban J connectivity index is 1.75. The van der Waals surface area contributed by atoms with Crippen molar-refractivity contribution in [3.05, 3.63) is 83.2 Å². The minimum absolute atomic E-state index is 0.131. The van der Waals surface area contributed by atoms with E-state index in [4.69, 9.17) is 14.2 Å². The van der Waals surface area contributed by atoms with Crippen LogP contribution in [0.5, 0.6) is 5.75 Å². The first kappa shape index (κ1) is 24.1. The fourth-order valence-corrected chi connectivity index (χ4v) is 5.50. The van der Waals surface area contributed by atoms with Crippen molar-refractivity contribution in [2.75, 3.05) is 26.9 Å². The first-order valence-electron chi connectivity index (χ1n) is 11.0. The van der Waals surface area contributed by atoms with Crippen LogP contribution in [0.25, 0.3) is 6.08 Å². The number of hydrogen-bond acceptors (Lipinski definition) is 8. The van der Waals surface area contributed by atoms with Gasteiger partial charge in [0.05, 0.1) is 29.0 Å². The molecule has 178 valence electrons. The van der Waals surface area contributed by atoms with Gasteiger partial charge in [-0.15, -0.1) is 11.3 Å². The van der Waals surface area contributed by atoms with E-state index in [9.17, 15) is 9.59 Å². The van der Waals surface area contributed by atoms with E-state index in [0.29, 0.717) is 33.8 Å². The van der Waals surface area contributed by atoms with Gasteiger partial charge in [0.15, 0.2) is 4.80 Å². The molecule has 4 rings (SSSR count). The third kappa shape index (κ3) is 5.06. The van der Waals surface area contributed by atoms with Crippen LogP contribution in [0.2, 0.25) is 0 Å². The molecule has 0 fully saturated rings. The zero-order valence-corrected chi connectivity index (χ0v) is 20.9. The van der Waals surface area contributed by atoms with Crippen LogP contribution < -0.4 is 19.6 Å². The number of allylic oxidation sites excluding steroid dienone is 1. The Bertz CT molecular complexity index is 1350. The molecule has 0 amide bonds. The van der Waals surface area contributed by atoms with Crippen molar-refractivity contribution in [1.29, 1.82) is 0 Å². The quantitative estimate of drug-likeness (QED) is 0.334. The lowest BCUT2D eigenvalue weighted by Gasteiger charge is -2.23. The van der Waals surface area contributed by atoms with E-state index in [1.54, 1.807) is 18.6 Å². The first-order valence-corrected chi connectivity index (χ1v) is 12.7. The summed E-state index contributed by atoms with van der Waals surface area (Å²) in [4.78, 5) is 32.6. The molecule has 9 heteroatoms. The maximum absolute atomic E-state index is 13.5. The monoisotopic (exact) mass is 498 g/mol. The highest BCUT2D eigenvalue weighted by molar-refractivity contribution is 7.10. The Kier molecular flexibility index (Phi) is 7.77. The van der Waals surface area contributed by atoms with Crippen LogP contribution in [0.1, 0.15) is 36.8 Å². The van der Waals surface area contributed by atoms with E-state index < -0.39 is 12.0 Å². The Morgan fingerprint density at radius 2 is 1.97 bits per heavy atom. The van der Waals surface area contributed by atoms with Gasteiger partial charge in [0.2, 0.25) is 0 Å². The standard InChI is InChI=1S/C25H26N2O5S2/c1-4-11-31-18-9-7-17(8-10-18)15-20-23(28)27-22(19-6-5-14-33-19)21(16(2)26-25(27)34-20)24(29)32-13-12-30-3/h5-10,14-15,22H,4,11-13H2,1-3H3/b20-15-. The van der Waals surface area contributed by atoms with E-state index in [-0.39, 0.29) is 12.2 Å². The van der Waals surface area contributed by atoms with Crippen molar-refractivity contribution >= 4 is 34.7 Å². The summed E-state index contributed by atoms with van der Waals surface area (Å²) in [6.45, 7) is 4.93. The molecule has 2 aromatic heterocycles. The number of fused-ring (bicyclic) bond motifs is 1. The Hall–Kier alpha value is -3.01. The number of thiophene rings is 1. The van der Waals surface area contributed by atoms with Crippen LogP contribution in [-0.4, -0.2) is 37.5 Å². The molecule has 0 N–H and O–H groups in total. The molecular formula is C25H26N2O5S2. The third-order valence-electron chi connectivity index (χ3n) is 5.23. The number of carbonyl (C=O) groups is 1. The van der Waals surface area contributed by atoms with Crippen LogP contribution in [0.4, 0.5) is 0 Å². The number of benzene rings is 1. The lowest BCUT2D eigenvalue weighted by atomic mass is 10.0. The smallest absolute Gasteiger partial charge is 0.338 e. The second-order valence-electron chi connectivity index (χ2n) is 7.64. The minimum atomic E-state index is -0.585. The maximum atomic E-state index is 13.5. The van der Waals surface area contributed by atoms with Gasteiger partial charge < -0.3 is 14.2 Å². The van der Waals surface area contributed by atoms with Crippen molar-refractivity contribution in [1.82, 2.24) is 4.57 Å². The van der Waals surface area contributed by atoms with Gasteiger partial charge in [0.25, 0.3) is 5.56 Å². The zero-order valence-electron chi connectivity index (χ0n) is 19.3. The normalized spacial score (nSPS) is 15.7. The van der Waals surface area contributed by atoms with Crippen LogP contribution >= 0.6 is 22.7 Å². The van der Waals surface area contributed by atoms with E-state index >= 15 is 0 Å². The molecule has 3 heterocycles. The topological polar surface area (TPSA) is 79.1 Å². The summed E-state index contributed by atoms with van der Waals surface area (Å²) in [5.41, 5.74) is 1.61. The minimum Gasteiger partial charge on any atom is -0.494 e. The van der Waals surface area contributed by atoms with Crippen molar-refractivity contribution < 1.29 is 19.0 Å². The summed E-state index contributed by atoms with van der Waals surface area (Å²) in [6, 6.07) is 10.9. The van der Waals surface area contributed by atoms with Gasteiger partial charge in [-0.1, -0.05) is 36.5 Å². The van der Waals surface area contributed by atoms with Gasteiger partial charge in [-0.3, -0.25) is 9.36 Å². The first-order chi connectivity index (χ1) is 16.5. The number of hydrogen-bond donors (Lipinski definition) is 0. The van der Waals surface area contributed by atoms with E-state index in [0.717, 1.165) is 22.6 Å². The molecule has 0 radical (unpaired) electrons. The van der Waals surface area contributed by atoms with E-state index in [1.165, 1.54) is 22.7 Å². The van der Waals surface area contributed by atoms with E-state index in [2.05, 4.69) is 11.9 Å². The summed E-state index contributed by atoms with van der Waals surface area (Å²) >= 11 is 2.80. The summed E-state index contributed by atoms with van der Waals surface area (Å²) < 4.78 is 18.2. The Labute approximate surface area is 205 Å². The van der Waals surface area contributed by atoms with Gasteiger partial charge in [-0.25, -0.2) is 9.79 Å². The van der Waals surface area contributed by atoms with Gasteiger partial charge in [0.1, 0.15) is 18.4 Å². The fourth-order valence-electron chi connectivity index (χ4n) is 3.63. The average Bonchev–Trinajstić information content (AvgIpc) is 3.46. The fraction of sp³-hybridized carbons (Fsp3) is 0.320. The number of aromatic nitrogens is 1. The molecule has 3 aromatic rings. The highest BCUT2D eigenvalue weighted by Crippen LogP contribution is 2.33. The van der Waals surface area contributed by atoms with Crippen LogP contribution in [-0.2, 0) is 14.3 Å². The molecular weight excluding hydrogens is 472 g/mol. The van der Waals surface area contributed by atoms with Crippen LogP contribution in [0.15, 0.2) is 62.8 Å². The summed E-state index contributed by atoms with van der Waals surface area (Å²) in [5.74, 6) is 0.305. The highest BCUT2D eigenvalue weighted by atomic mass is 32.1. The van der Waals surface area contributed by atoms with Crippen molar-refractivity contribution in [2.24, 2.45) is 4.99 Å². The summed E-state index contributed by atoms with van der Waals surface area (Å²) in [5, 5.41) is 1.93. The Morgan fingerprint density at radius 3 is 2.65 bits per heavy atom. The number of methoxy groups -OCH3 is 1. The lowest BCUT2D eigenvalue weighted by molar-refractivity contribution is -0.140. The SMILES string of the molecule is CCCOc1ccc(/C=c2\sc3n(c2=O)C(c2cccs2)C(C(=O)OCCOC)=C(C)N=3)cc1. The number of carbonyl (C=O) groups excluding carboxylic acids is 1. The van der Waals surface area contributed by atoms with Gasteiger partial charge in [0, 0.05) is 12.0 Å². The number of thiazole rings is 1. The molecule has 0 spiro atoms. The number of nitrogens with zero attached hydrogens (tertiary/aromatic N) is 2. The third-order valence-corrected chi connectivity index (χ3v) is 7.13. The predicted molar refractivity (Wildman–Crippen MR) is 133 cm³/mol. The molecule has 1 atom stereocenters. The molecule has 7 nitrogen and oxygen atoms in total. The van der Waals surface area contributed by atoms with Gasteiger partial charge in [-0.05, 0) is 48.6 Å². The van der Waals surface area contributed by atoms with Gasteiger partial charge >= 0.3 is 5.97 Å². The molecule has 34 heavy (non-hydrogen) atoms. The molecule has 0 saturated carbocycles. The number of ether oxygens (including phenoxy) is 3. The summed E-state index contributed by atoms with van der Waals surface area (Å²) in [7, 11) is 1.55. The van der Waals surface area contributed by atoms with E-state index in [1.807, 2.05) is 47.9 Å². The Morgan fingerprint density at radius 1 is 1.18 bits per heavy atom. The number of esters is 1. The predicted octanol–water partition coefficient (Wildman–Crippen LogP) is 3.28. The molecule has 1 unspecified atom stereocenters. The molecule has 0 bridgehead atoms. The molecule has 0 aliphatic carbocycles. The molecule has 0 saturated heterocycles. The second kappa shape index (κ2) is 10.9. The highest BCUT2D eigenvalue weighted by Gasteiger charge is 2.34. The molecule has 1 aliphatic rings. The van der Waals surface area contributed by atoms with Crippen molar-refractivity contribution in [3.63, 3.8) is 0 Å². The van der Waals surface area contributed by atoms with Crippen molar-refractivity contribution in [2.45, 2.75) is 26.3 Å². The van der Waals surface area contributed by atoms with Gasteiger partial charge in [-0.2, -0.15) is 0 Å². The molecule has 1 aliphatic heterocycles.